The molecule has 2 aromatic rings. The Bertz CT molecular complexity index is 508. The van der Waals surface area contributed by atoms with Crippen molar-refractivity contribution in [2.45, 2.75) is 13.8 Å². The molecule has 3 rings (SSSR count). The lowest BCUT2D eigenvalue weighted by Crippen LogP contribution is -2.12. The molecule has 0 spiro atoms. The van der Waals surface area contributed by atoms with E-state index in [2.05, 4.69) is 43.1 Å². The van der Waals surface area contributed by atoms with Gasteiger partial charge in [0.15, 0.2) is 0 Å². The van der Waals surface area contributed by atoms with Crippen LogP contribution in [0.5, 0.6) is 5.75 Å². The Hall–Kier alpha value is -1.33. The molecule has 0 saturated carbocycles. The summed E-state index contributed by atoms with van der Waals surface area (Å²) in [5, 5.41) is 1.34. The van der Waals surface area contributed by atoms with Crippen LogP contribution < -0.4 is 9.83 Å². The van der Waals surface area contributed by atoms with Crippen molar-refractivity contribution in [3.05, 3.63) is 48.5 Å². The summed E-state index contributed by atoms with van der Waals surface area (Å²) in [5.41, 5.74) is 2.54. The molecule has 0 radical (unpaired) electrons. The maximum Gasteiger partial charge on any atom is 0.131 e. The molecule has 0 bridgehead atoms. The molecule has 0 fully saturated rings. The Kier molecular flexibility index (Phi) is 3.81. The van der Waals surface area contributed by atoms with E-state index in [1.54, 1.807) is 0 Å². The van der Waals surface area contributed by atoms with Gasteiger partial charge in [0.2, 0.25) is 0 Å². The maximum atomic E-state index is 5.92. The molecule has 1 aliphatic heterocycles. The second-order valence-electron chi connectivity index (χ2n) is 3.60. The van der Waals surface area contributed by atoms with Gasteiger partial charge in [-0.3, -0.25) is 0 Å². The average Bonchev–Trinajstić information content (AvgIpc) is 2.42. The van der Waals surface area contributed by atoms with E-state index in [0.717, 1.165) is 5.75 Å². The number of fused-ring (bicyclic) bond motifs is 3. The van der Waals surface area contributed by atoms with Crippen molar-refractivity contribution in [2.24, 2.45) is 0 Å². The molecule has 0 N–H and O–H groups in total. The summed E-state index contributed by atoms with van der Waals surface area (Å²) in [4.78, 5) is 0. The van der Waals surface area contributed by atoms with Gasteiger partial charge >= 0.3 is 0 Å². The lowest BCUT2D eigenvalue weighted by Gasteiger charge is -2.25. The van der Waals surface area contributed by atoms with E-state index < -0.39 is 8.15 Å². The minimum Gasteiger partial charge on any atom is -0.469 e. The van der Waals surface area contributed by atoms with Gasteiger partial charge in [-0.05, 0) is 18.3 Å². The first-order chi connectivity index (χ1) is 8.36. The van der Waals surface area contributed by atoms with Gasteiger partial charge in [-0.25, -0.2) is 0 Å². The Labute approximate surface area is 104 Å². The van der Waals surface area contributed by atoms with Crippen molar-refractivity contribution in [1.29, 1.82) is 0 Å². The fraction of sp³-hybridized carbons (Fsp3) is 0.200. The fourth-order valence-corrected chi connectivity index (χ4v) is 3.32. The van der Waals surface area contributed by atoms with Gasteiger partial charge in [0, 0.05) is 10.9 Å². The summed E-state index contributed by atoms with van der Waals surface area (Å²) in [6.07, 6.45) is 0. The SMILES string of the molecule is CC.CP1Oc2ccccc2-c2ccccc21. The van der Waals surface area contributed by atoms with Crippen LogP contribution >= 0.6 is 8.15 Å². The second-order valence-corrected chi connectivity index (χ2v) is 5.26. The number of benzene rings is 2. The highest BCUT2D eigenvalue weighted by Crippen LogP contribution is 2.45. The Morgan fingerprint density at radius 3 is 2.18 bits per heavy atom. The summed E-state index contributed by atoms with van der Waals surface area (Å²) in [5.74, 6) is 1.02. The minimum absolute atomic E-state index is 0.494. The monoisotopic (exact) mass is 244 g/mol. The fourth-order valence-electron chi connectivity index (χ4n) is 1.94. The van der Waals surface area contributed by atoms with Crippen LogP contribution in [0.2, 0.25) is 0 Å². The normalized spacial score (nSPS) is 15.8. The topological polar surface area (TPSA) is 9.23 Å². The van der Waals surface area contributed by atoms with Gasteiger partial charge in [0.05, 0.1) is 0 Å². The molecule has 1 aliphatic rings. The van der Waals surface area contributed by atoms with Gasteiger partial charge in [-0.1, -0.05) is 56.3 Å². The summed E-state index contributed by atoms with van der Waals surface area (Å²) in [6.45, 7) is 6.16. The third-order valence-corrected chi connectivity index (χ3v) is 4.19. The molecular formula is C15H17OP. The molecule has 1 nitrogen and oxygen atoms in total. The van der Waals surface area contributed by atoms with Gasteiger partial charge in [0.1, 0.15) is 13.9 Å². The van der Waals surface area contributed by atoms with E-state index in [4.69, 9.17) is 4.52 Å². The van der Waals surface area contributed by atoms with E-state index in [1.807, 2.05) is 26.0 Å². The van der Waals surface area contributed by atoms with Gasteiger partial charge in [-0.15, -0.1) is 0 Å². The summed E-state index contributed by atoms with van der Waals surface area (Å²) in [7, 11) is -0.494. The maximum absolute atomic E-state index is 5.92. The Morgan fingerprint density at radius 1 is 0.824 bits per heavy atom. The van der Waals surface area contributed by atoms with Crippen LogP contribution in [-0.4, -0.2) is 6.66 Å². The quantitative estimate of drug-likeness (QED) is 0.623. The van der Waals surface area contributed by atoms with Crippen molar-refractivity contribution < 1.29 is 4.52 Å². The highest BCUT2D eigenvalue weighted by atomic mass is 31.1. The number of rotatable bonds is 0. The van der Waals surface area contributed by atoms with Crippen LogP contribution in [0.4, 0.5) is 0 Å². The smallest absolute Gasteiger partial charge is 0.131 e. The van der Waals surface area contributed by atoms with Gasteiger partial charge in [-0.2, -0.15) is 0 Å². The predicted molar refractivity (Wildman–Crippen MR) is 76.3 cm³/mol. The Balaban J connectivity index is 0.000000514. The zero-order chi connectivity index (χ0) is 12.3. The second kappa shape index (κ2) is 5.33. The standard InChI is InChI=1S/C13H11OP.C2H6/c1-15-13-9-5-3-7-11(13)10-6-2-4-8-12(10)14-15;1-2/h2-9H,1H3;1-2H3. The lowest BCUT2D eigenvalue weighted by molar-refractivity contribution is 0.626. The highest BCUT2D eigenvalue weighted by Gasteiger charge is 2.21. The van der Waals surface area contributed by atoms with Crippen molar-refractivity contribution in [1.82, 2.24) is 0 Å². The molecule has 1 atom stereocenters. The molecule has 0 aliphatic carbocycles. The zero-order valence-electron chi connectivity index (χ0n) is 10.5. The van der Waals surface area contributed by atoms with E-state index in [0.29, 0.717) is 0 Å². The molecule has 0 amide bonds. The molecule has 0 aromatic heterocycles. The van der Waals surface area contributed by atoms with E-state index in [-0.39, 0.29) is 0 Å². The first kappa shape index (κ1) is 12.1. The first-order valence-corrected chi connectivity index (χ1v) is 7.67. The summed E-state index contributed by atoms with van der Waals surface area (Å²) < 4.78 is 5.92. The molecular weight excluding hydrogens is 227 g/mol. The molecule has 88 valence electrons. The first-order valence-electron chi connectivity index (χ1n) is 5.96. The van der Waals surface area contributed by atoms with Crippen LogP contribution in [0.25, 0.3) is 11.1 Å². The van der Waals surface area contributed by atoms with Crippen molar-refractivity contribution >= 4 is 13.5 Å². The third-order valence-electron chi connectivity index (χ3n) is 2.66. The molecule has 1 heterocycles. The molecule has 2 heteroatoms. The van der Waals surface area contributed by atoms with Gasteiger partial charge < -0.3 is 4.52 Å². The number of para-hydroxylation sites is 1. The van der Waals surface area contributed by atoms with Crippen LogP contribution in [0.3, 0.4) is 0 Å². The van der Waals surface area contributed by atoms with Crippen LogP contribution in [-0.2, 0) is 0 Å². The molecule has 1 unspecified atom stereocenters. The highest BCUT2D eigenvalue weighted by molar-refractivity contribution is 7.61. The zero-order valence-corrected chi connectivity index (χ0v) is 11.4. The van der Waals surface area contributed by atoms with Crippen LogP contribution in [0.15, 0.2) is 48.5 Å². The lowest BCUT2D eigenvalue weighted by atomic mass is 10.0. The van der Waals surface area contributed by atoms with Crippen molar-refractivity contribution in [3.63, 3.8) is 0 Å². The van der Waals surface area contributed by atoms with E-state index in [9.17, 15) is 0 Å². The van der Waals surface area contributed by atoms with Gasteiger partial charge in [0.25, 0.3) is 0 Å². The molecule has 2 aromatic carbocycles. The summed E-state index contributed by atoms with van der Waals surface area (Å²) >= 11 is 0. The predicted octanol–water partition coefficient (Wildman–Crippen LogP) is 4.42. The summed E-state index contributed by atoms with van der Waals surface area (Å²) in [6, 6.07) is 16.8. The average molecular weight is 244 g/mol. The number of hydrogen-bond donors (Lipinski definition) is 0. The van der Waals surface area contributed by atoms with E-state index in [1.165, 1.54) is 16.4 Å². The Morgan fingerprint density at radius 2 is 1.41 bits per heavy atom. The van der Waals surface area contributed by atoms with E-state index >= 15 is 0 Å². The van der Waals surface area contributed by atoms with Crippen LogP contribution in [0, 0.1) is 0 Å². The minimum atomic E-state index is -0.494. The number of hydrogen-bond acceptors (Lipinski definition) is 1. The molecule has 17 heavy (non-hydrogen) atoms. The van der Waals surface area contributed by atoms with Crippen molar-refractivity contribution in [2.75, 3.05) is 6.66 Å². The largest absolute Gasteiger partial charge is 0.469 e. The third kappa shape index (κ3) is 2.21. The molecule has 0 saturated heterocycles. The van der Waals surface area contributed by atoms with Crippen LogP contribution in [0.1, 0.15) is 13.8 Å². The van der Waals surface area contributed by atoms with Crippen molar-refractivity contribution in [3.8, 4) is 16.9 Å².